The lowest BCUT2D eigenvalue weighted by atomic mass is 9.90. The summed E-state index contributed by atoms with van der Waals surface area (Å²) in [5.41, 5.74) is 2.71. The van der Waals surface area contributed by atoms with Crippen molar-refractivity contribution in [3.8, 4) is 0 Å². The quantitative estimate of drug-likeness (QED) is 0.727. The van der Waals surface area contributed by atoms with E-state index in [9.17, 15) is 9.90 Å². The minimum absolute atomic E-state index is 0.192. The first-order chi connectivity index (χ1) is 8.20. The monoisotopic (exact) mass is 235 g/mol. The number of carbonyl (C=O) groups excluding carboxylic acids is 1. The van der Waals surface area contributed by atoms with Gasteiger partial charge >= 0.3 is 0 Å². The third-order valence-electron chi connectivity index (χ3n) is 3.01. The highest BCUT2D eigenvalue weighted by molar-refractivity contribution is 5.99. The smallest absolute Gasteiger partial charge is 0.163 e. The van der Waals surface area contributed by atoms with Crippen LogP contribution < -0.4 is 5.32 Å². The lowest BCUT2D eigenvalue weighted by Crippen LogP contribution is -2.23. The number of rotatable bonds is 4. The zero-order valence-corrected chi connectivity index (χ0v) is 9.65. The second kappa shape index (κ2) is 5.29. The summed E-state index contributed by atoms with van der Waals surface area (Å²) in [6.07, 6.45) is 1.74. The number of carbonyl (C=O) groups is 1. The van der Waals surface area contributed by atoms with Crippen molar-refractivity contribution in [2.45, 2.75) is 25.4 Å². The van der Waals surface area contributed by atoms with E-state index in [1.54, 1.807) is 0 Å². The highest BCUT2D eigenvalue weighted by atomic mass is 16.3. The summed E-state index contributed by atoms with van der Waals surface area (Å²) in [5.74, 6) is 0.192. The summed E-state index contributed by atoms with van der Waals surface area (Å²) in [4.78, 5) is 11.7. The lowest BCUT2D eigenvalue weighted by molar-refractivity contribution is 0.0972. The average Bonchev–Trinajstić information content (AvgIpc) is 2.36. The minimum Gasteiger partial charge on any atom is -0.394 e. The van der Waals surface area contributed by atoms with Crippen molar-refractivity contribution in [2.75, 3.05) is 18.5 Å². The second-order valence-corrected chi connectivity index (χ2v) is 4.37. The van der Waals surface area contributed by atoms with E-state index in [1.807, 2.05) is 18.2 Å². The van der Waals surface area contributed by atoms with Crippen molar-refractivity contribution < 1.29 is 15.0 Å². The zero-order valence-electron chi connectivity index (χ0n) is 9.65. The fourth-order valence-electron chi connectivity index (χ4n) is 2.04. The van der Waals surface area contributed by atoms with Gasteiger partial charge in [0.1, 0.15) is 0 Å². The van der Waals surface area contributed by atoms with Crippen LogP contribution in [0.5, 0.6) is 0 Å². The summed E-state index contributed by atoms with van der Waals surface area (Å²) in [6.45, 7) is 0.0142. The summed E-state index contributed by atoms with van der Waals surface area (Å²) < 4.78 is 0. The molecule has 4 nitrogen and oxygen atoms in total. The number of hydrogen-bond acceptors (Lipinski definition) is 4. The molecule has 0 heterocycles. The fourth-order valence-corrected chi connectivity index (χ4v) is 2.04. The molecule has 0 aliphatic heterocycles. The van der Waals surface area contributed by atoms with Gasteiger partial charge < -0.3 is 15.5 Å². The van der Waals surface area contributed by atoms with Crippen LogP contribution in [-0.4, -0.2) is 35.3 Å². The van der Waals surface area contributed by atoms with Gasteiger partial charge in [0.05, 0.1) is 12.7 Å². The number of Topliss-reactive ketones (excluding diaryl/α,β-unsaturated/α-hetero) is 1. The standard InChI is InChI=1S/C13H17NO3/c15-8-11(16)7-14-10-5-4-9-2-1-3-13(17)12(9)6-10/h4-6,11,14-16H,1-3,7-8H2. The summed E-state index contributed by atoms with van der Waals surface area (Å²) in [5, 5.41) is 20.9. The van der Waals surface area contributed by atoms with E-state index in [1.165, 1.54) is 0 Å². The molecule has 1 aliphatic carbocycles. The predicted molar refractivity (Wildman–Crippen MR) is 65.3 cm³/mol. The SMILES string of the molecule is O=C1CCCc2ccc(NCC(O)CO)cc21. The molecule has 0 amide bonds. The van der Waals surface area contributed by atoms with Crippen molar-refractivity contribution in [3.05, 3.63) is 29.3 Å². The topological polar surface area (TPSA) is 69.6 Å². The van der Waals surface area contributed by atoms with Crippen molar-refractivity contribution in [1.29, 1.82) is 0 Å². The molecule has 0 saturated carbocycles. The first-order valence-corrected chi connectivity index (χ1v) is 5.89. The first-order valence-electron chi connectivity index (χ1n) is 5.89. The Hall–Kier alpha value is -1.39. The van der Waals surface area contributed by atoms with Gasteiger partial charge in [0, 0.05) is 24.2 Å². The van der Waals surface area contributed by atoms with Crippen LogP contribution in [0.2, 0.25) is 0 Å². The van der Waals surface area contributed by atoms with Gasteiger partial charge in [0.2, 0.25) is 0 Å². The molecule has 92 valence electrons. The number of benzene rings is 1. The number of hydrogen-bond donors (Lipinski definition) is 3. The average molecular weight is 235 g/mol. The van der Waals surface area contributed by atoms with E-state index < -0.39 is 6.10 Å². The zero-order chi connectivity index (χ0) is 12.3. The van der Waals surface area contributed by atoms with Crippen LogP contribution in [0.3, 0.4) is 0 Å². The largest absolute Gasteiger partial charge is 0.394 e. The molecule has 0 fully saturated rings. The molecule has 3 N–H and O–H groups in total. The van der Waals surface area contributed by atoms with Gasteiger partial charge in [-0.15, -0.1) is 0 Å². The third kappa shape index (κ3) is 2.84. The van der Waals surface area contributed by atoms with E-state index in [0.29, 0.717) is 6.42 Å². The molecule has 17 heavy (non-hydrogen) atoms. The van der Waals surface area contributed by atoms with Crippen LogP contribution in [0, 0.1) is 0 Å². The maximum absolute atomic E-state index is 11.7. The van der Waals surface area contributed by atoms with Crippen molar-refractivity contribution in [2.24, 2.45) is 0 Å². The Labute approximate surface area is 100 Å². The number of fused-ring (bicyclic) bond motifs is 1. The van der Waals surface area contributed by atoms with Crippen LogP contribution in [0.1, 0.15) is 28.8 Å². The number of aliphatic hydroxyl groups is 2. The molecular formula is C13H17NO3. The molecule has 2 rings (SSSR count). The molecule has 1 atom stereocenters. The van der Waals surface area contributed by atoms with Crippen molar-refractivity contribution in [3.63, 3.8) is 0 Å². The number of aliphatic hydroxyl groups excluding tert-OH is 2. The Balaban J connectivity index is 2.10. The Morgan fingerprint density at radius 3 is 2.94 bits per heavy atom. The Morgan fingerprint density at radius 1 is 1.35 bits per heavy atom. The van der Waals surface area contributed by atoms with Crippen LogP contribution in [0.4, 0.5) is 5.69 Å². The Morgan fingerprint density at radius 2 is 2.18 bits per heavy atom. The molecule has 0 aromatic heterocycles. The number of anilines is 1. The fraction of sp³-hybridized carbons (Fsp3) is 0.462. The molecule has 0 radical (unpaired) electrons. The van der Waals surface area contributed by atoms with Gasteiger partial charge in [-0.1, -0.05) is 6.07 Å². The molecule has 1 aromatic carbocycles. The van der Waals surface area contributed by atoms with E-state index in [2.05, 4.69) is 5.32 Å². The van der Waals surface area contributed by atoms with Gasteiger partial charge in [-0.3, -0.25) is 4.79 Å². The molecular weight excluding hydrogens is 218 g/mol. The first kappa shape index (κ1) is 12.1. The van der Waals surface area contributed by atoms with Crippen molar-refractivity contribution in [1.82, 2.24) is 0 Å². The lowest BCUT2D eigenvalue weighted by Gasteiger charge is -2.17. The number of ketones is 1. The van der Waals surface area contributed by atoms with Gasteiger partial charge in [-0.25, -0.2) is 0 Å². The van der Waals surface area contributed by atoms with Crippen molar-refractivity contribution >= 4 is 11.5 Å². The van der Waals surface area contributed by atoms with Crippen LogP contribution >= 0.6 is 0 Å². The highest BCUT2D eigenvalue weighted by Gasteiger charge is 2.17. The summed E-state index contributed by atoms with van der Waals surface area (Å²) >= 11 is 0. The molecule has 1 aromatic rings. The molecule has 1 aliphatic rings. The maximum atomic E-state index is 11.7. The molecule has 1 unspecified atom stereocenters. The number of nitrogens with one attached hydrogen (secondary N) is 1. The molecule has 0 bridgehead atoms. The van der Waals surface area contributed by atoms with Crippen LogP contribution in [-0.2, 0) is 6.42 Å². The second-order valence-electron chi connectivity index (χ2n) is 4.37. The molecule has 0 saturated heterocycles. The normalized spacial score (nSPS) is 16.5. The van der Waals surface area contributed by atoms with E-state index in [0.717, 1.165) is 29.7 Å². The maximum Gasteiger partial charge on any atom is 0.163 e. The van der Waals surface area contributed by atoms with Crippen LogP contribution in [0.15, 0.2) is 18.2 Å². The van der Waals surface area contributed by atoms with E-state index in [-0.39, 0.29) is 18.9 Å². The van der Waals surface area contributed by atoms with Gasteiger partial charge in [0.15, 0.2) is 5.78 Å². The predicted octanol–water partition coefficient (Wildman–Crippen LogP) is 0.971. The Kier molecular flexibility index (Phi) is 3.76. The highest BCUT2D eigenvalue weighted by Crippen LogP contribution is 2.24. The van der Waals surface area contributed by atoms with Gasteiger partial charge in [0.25, 0.3) is 0 Å². The molecule has 0 spiro atoms. The molecule has 4 heteroatoms. The van der Waals surface area contributed by atoms with E-state index >= 15 is 0 Å². The third-order valence-corrected chi connectivity index (χ3v) is 3.01. The summed E-state index contributed by atoms with van der Waals surface area (Å²) in [6, 6.07) is 5.70. The van der Waals surface area contributed by atoms with Crippen LogP contribution in [0.25, 0.3) is 0 Å². The summed E-state index contributed by atoms with van der Waals surface area (Å²) in [7, 11) is 0. The van der Waals surface area contributed by atoms with E-state index in [4.69, 9.17) is 5.11 Å². The Bertz CT molecular complexity index is 417. The minimum atomic E-state index is -0.776. The van der Waals surface area contributed by atoms with Gasteiger partial charge in [-0.05, 0) is 30.5 Å². The number of aryl methyl sites for hydroxylation is 1. The van der Waals surface area contributed by atoms with Gasteiger partial charge in [-0.2, -0.15) is 0 Å².